The summed E-state index contributed by atoms with van der Waals surface area (Å²) in [4.78, 5) is 14.9. The van der Waals surface area contributed by atoms with Gasteiger partial charge in [-0.3, -0.25) is 4.79 Å². The zero-order valence-electron chi connectivity index (χ0n) is 9.11. The Morgan fingerprint density at radius 3 is 2.78 bits per heavy atom. The van der Waals surface area contributed by atoms with Gasteiger partial charge in [-0.25, -0.2) is 18.3 Å². The van der Waals surface area contributed by atoms with Crippen molar-refractivity contribution in [1.29, 1.82) is 0 Å². The van der Waals surface area contributed by atoms with Crippen LogP contribution in [0.5, 0.6) is 0 Å². The Kier molecular flexibility index (Phi) is 2.48. The molecule has 0 spiro atoms. The molecule has 0 saturated heterocycles. The van der Waals surface area contributed by atoms with Crippen molar-refractivity contribution in [3.8, 4) is 0 Å². The van der Waals surface area contributed by atoms with Gasteiger partial charge in [0.15, 0.2) is 11.9 Å². The molecule has 94 valence electrons. The predicted octanol–water partition coefficient (Wildman–Crippen LogP) is 2.82. The average molecular weight is 316 g/mol. The number of aromatic nitrogens is 3. The topological polar surface area (TPSA) is 47.3 Å². The molecule has 0 amide bonds. The molecule has 1 aliphatic carbocycles. The summed E-state index contributed by atoms with van der Waals surface area (Å²) in [6, 6.07) is 3.17. The third-order valence-corrected chi connectivity index (χ3v) is 3.46. The van der Waals surface area contributed by atoms with E-state index >= 15 is 0 Å². The van der Waals surface area contributed by atoms with Crippen molar-refractivity contribution in [2.75, 3.05) is 0 Å². The number of fused-ring (bicyclic) bond motifs is 1. The summed E-state index contributed by atoms with van der Waals surface area (Å²) in [5, 5.41) is 4.15. The number of carbonyl (C=O) groups excluding carboxylic acids is 1. The van der Waals surface area contributed by atoms with Crippen LogP contribution < -0.4 is 0 Å². The lowest BCUT2D eigenvalue weighted by Gasteiger charge is -2.35. The Morgan fingerprint density at radius 1 is 1.44 bits per heavy atom. The number of hydrogen-bond acceptors (Lipinski definition) is 3. The van der Waals surface area contributed by atoms with Gasteiger partial charge < -0.3 is 0 Å². The van der Waals surface area contributed by atoms with Crippen molar-refractivity contribution < 1.29 is 13.6 Å². The third-order valence-electron chi connectivity index (χ3n) is 3.07. The molecule has 2 aromatic heterocycles. The number of carbonyl (C=O) groups is 1. The Hall–Kier alpha value is -1.37. The van der Waals surface area contributed by atoms with Gasteiger partial charge in [-0.1, -0.05) is 0 Å². The lowest BCUT2D eigenvalue weighted by molar-refractivity contribution is -0.0879. The largest absolute Gasteiger partial charge is 0.296 e. The van der Waals surface area contributed by atoms with Crippen LogP contribution in [0.4, 0.5) is 8.78 Å². The van der Waals surface area contributed by atoms with Gasteiger partial charge in [-0.15, -0.1) is 0 Å². The quantitative estimate of drug-likeness (QED) is 0.801. The molecule has 0 bridgehead atoms. The number of aldehydes is 1. The monoisotopic (exact) mass is 315 g/mol. The molecule has 18 heavy (non-hydrogen) atoms. The highest BCUT2D eigenvalue weighted by Gasteiger charge is 2.47. The molecule has 1 saturated carbocycles. The SMILES string of the molecule is O=Cc1cc(C2CC(F)(F)C2)n2nc(Br)cc2n1. The highest BCUT2D eigenvalue weighted by molar-refractivity contribution is 9.10. The molecule has 3 rings (SSSR count). The minimum atomic E-state index is -2.61. The summed E-state index contributed by atoms with van der Waals surface area (Å²) in [6.07, 6.45) is 0.199. The molecule has 0 atom stereocenters. The number of halogens is 3. The maximum absolute atomic E-state index is 12.9. The average Bonchev–Trinajstić information content (AvgIpc) is 2.64. The molecule has 0 aliphatic heterocycles. The standard InChI is InChI=1S/C11H8BrF2N3O/c12-9-2-10-15-7(5-18)1-8(17(10)16-9)6-3-11(13,14)4-6/h1-2,5-6H,3-4H2. The van der Waals surface area contributed by atoms with Crippen molar-refractivity contribution in [2.45, 2.75) is 24.7 Å². The maximum Gasteiger partial charge on any atom is 0.249 e. The van der Waals surface area contributed by atoms with Gasteiger partial charge in [-0.05, 0) is 22.0 Å². The number of alkyl halides is 2. The molecule has 0 radical (unpaired) electrons. The molecule has 2 aromatic rings. The first-order chi connectivity index (χ1) is 8.48. The van der Waals surface area contributed by atoms with Gasteiger partial charge >= 0.3 is 0 Å². The maximum atomic E-state index is 12.9. The fourth-order valence-corrected chi connectivity index (χ4v) is 2.57. The van der Waals surface area contributed by atoms with Gasteiger partial charge in [0.25, 0.3) is 0 Å². The Morgan fingerprint density at radius 2 is 2.17 bits per heavy atom. The molecule has 0 N–H and O–H groups in total. The normalized spacial score (nSPS) is 18.8. The van der Waals surface area contributed by atoms with Crippen LogP contribution in [0.25, 0.3) is 5.65 Å². The minimum absolute atomic E-state index is 0.206. The van der Waals surface area contributed by atoms with E-state index in [9.17, 15) is 13.6 Å². The fraction of sp³-hybridized carbons (Fsp3) is 0.364. The first-order valence-electron chi connectivity index (χ1n) is 5.38. The highest BCUT2D eigenvalue weighted by atomic mass is 79.9. The summed E-state index contributed by atoms with van der Waals surface area (Å²) in [7, 11) is 0. The molecule has 4 nitrogen and oxygen atoms in total. The van der Waals surface area contributed by atoms with Gasteiger partial charge in [0.2, 0.25) is 5.92 Å². The second-order valence-electron chi connectivity index (χ2n) is 4.42. The van der Waals surface area contributed by atoms with Crippen LogP contribution in [0.1, 0.15) is 34.9 Å². The van der Waals surface area contributed by atoms with Crippen molar-refractivity contribution in [3.63, 3.8) is 0 Å². The number of nitrogens with zero attached hydrogens (tertiary/aromatic N) is 3. The van der Waals surface area contributed by atoms with Crippen LogP contribution in [0.2, 0.25) is 0 Å². The Balaban J connectivity index is 2.12. The first-order valence-corrected chi connectivity index (χ1v) is 6.17. The van der Waals surface area contributed by atoms with E-state index in [2.05, 4.69) is 26.0 Å². The van der Waals surface area contributed by atoms with Gasteiger partial charge in [0.1, 0.15) is 10.3 Å². The fourth-order valence-electron chi connectivity index (χ4n) is 2.21. The molecule has 1 aliphatic rings. The summed E-state index contributed by atoms with van der Waals surface area (Å²) in [5.41, 5.74) is 1.33. The van der Waals surface area contributed by atoms with E-state index in [4.69, 9.17) is 0 Å². The highest BCUT2D eigenvalue weighted by Crippen LogP contribution is 2.48. The minimum Gasteiger partial charge on any atom is -0.296 e. The zero-order valence-corrected chi connectivity index (χ0v) is 10.7. The lowest BCUT2D eigenvalue weighted by atomic mass is 9.79. The van der Waals surface area contributed by atoms with Crippen LogP contribution in [-0.4, -0.2) is 26.8 Å². The van der Waals surface area contributed by atoms with E-state index in [-0.39, 0.29) is 24.5 Å². The van der Waals surface area contributed by atoms with Crippen LogP contribution in [-0.2, 0) is 0 Å². The van der Waals surface area contributed by atoms with Gasteiger partial charge in [0.05, 0.1) is 5.69 Å². The summed E-state index contributed by atoms with van der Waals surface area (Å²) < 4.78 is 27.9. The molecular formula is C11H8BrF2N3O. The van der Waals surface area contributed by atoms with E-state index in [0.717, 1.165) is 0 Å². The summed E-state index contributed by atoms with van der Waals surface area (Å²) in [5.74, 6) is -2.89. The van der Waals surface area contributed by atoms with Crippen LogP contribution >= 0.6 is 15.9 Å². The Labute approximate surface area is 109 Å². The predicted molar refractivity (Wildman–Crippen MR) is 63.0 cm³/mol. The van der Waals surface area contributed by atoms with Gasteiger partial charge in [0, 0.05) is 24.8 Å². The van der Waals surface area contributed by atoms with Crippen molar-refractivity contribution in [2.24, 2.45) is 0 Å². The number of rotatable bonds is 2. The first kappa shape index (κ1) is 11.7. The van der Waals surface area contributed by atoms with E-state index < -0.39 is 5.92 Å². The van der Waals surface area contributed by atoms with Crippen molar-refractivity contribution in [3.05, 3.63) is 28.1 Å². The van der Waals surface area contributed by atoms with Crippen LogP contribution in [0.15, 0.2) is 16.7 Å². The molecule has 1 fully saturated rings. The van der Waals surface area contributed by atoms with Crippen molar-refractivity contribution >= 4 is 27.9 Å². The van der Waals surface area contributed by atoms with E-state index in [1.165, 1.54) is 10.6 Å². The second-order valence-corrected chi connectivity index (χ2v) is 5.23. The Bertz CT molecular complexity index is 632. The molecule has 0 unspecified atom stereocenters. The summed E-state index contributed by atoms with van der Waals surface area (Å²) in [6.45, 7) is 0. The van der Waals surface area contributed by atoms with Crippen LogP contribution in [0.3, 0.4) is 0 Å². The van der Waals surface area contributed by atoms with E-state index in [1.807, 2.05) is 0 Å². The molecular weight excluding hydrogens is 308 g/mol. The zero-order chi connectivity index (χ0) is 12.9. The third kappa shape index (κ3) is 1.82. The lowest BCUT2D eigenvalue weighted by Crippen LogP contribution is -2.34. The second kappa shape index (κ2) is 3.81. The van der Waals surface area contributed by atoms with E-state index in [0.29, 0.717) is 22.2 Å². The smallest absolute Gasteiger partial charge is 0.249 e. The summed E-state index contributed by atoms with van der Waals surface area (Å²) >= 11 is 3.21. The molecule has 7 heteroatoms. The molecule has 0 aromatic carbocycles. The van der Waals surface area contributed by atoms with Crippen molar-refractivity contribution in [1.82, 2.24) is 14.6 Å². The van der Waals surface area contributed by atoms with E-state index in [1.54, 1.807) is 6.07 Å². The van der Waals surface area contributed by atoms with Crippen LogP contribution in [0, 0.1) is 0 Å². The molecule has 2 heterocycles. The number of hydrogen-bond donors (Lipinski definition) is 0. The van der Waals surface area contributed by atoms with Gasteiger partial charge in [-0.2, -0.15) is 5.10 Å².